The van der Waals surface area contributed by atoms with E-state index in [0.717, 1.165) is 78.5 Å². The van der Waals surface area contributed by atoms with Crippen molar-refractivity contribution in [2.24, 2.45) is 0 Å². The number of hydrogen-bond donors (Lipinski definition) is 0. The number of morpholine rings is 1. The number of aromatic nitrogens is 4. The second-order valence-electron chi connectivity index (χ2n) is 8.68. The van der Waals surface area contributed by atoms with E-state index in [4.69, 9.17) is 14.7 Å². The van der Waals surface area contributed by atoms with Crippen molar-refractivity contribution in [2.45, 2.75) is 19.9 Å². The van der Waals surface area contributed by atoms with E-state index < -0.39 is 0 Å². The van der Waals surface area contributed by atoms with Crippen LogP contribution in [-0.4, -0.2) is 69.9 Å². The number of aryl methyl sites for hydroxylation is 2. The van der Waals surface area contributed by atoms with Gasteiger partial charge in [-0.2, -0.15) is 5.10 Å². The van der Waals surface area contributed by atoms with Crippen LogP contribution in [0.1, 0.15) is 11.3 Å². The minimum Gasteiger partial charge on any atom is -0.379 e. The maximum atomic E-state index is 5.48. The summed E-state index contributed by atoms with van der Waals surface area (Å²) in [6.07, 6.45) is 6.00. The van der Waals surface area contributed by atoms with Gasteiger partial charge in [0.1, 0.15) is 0 Å². The predicted molar refractivity (Wildman–Crippen MR) is 122 cm³/mol. The van der Waals surface area contributed by atoms with E-state index in [9.17, 15) is 0 Å². The van der Waals surface area contributed by atoms with Crippen LogP contribution >= 0.6 is 0 Å². The first-order valence-electron chi connectivity index (χ1n) is 10.9. The average Bonchev–Trinajstić information content (AvgIpc) is 3.16. The van der Waals surface area contributed by atoms with Gasteiger partial charge in [-0.3, -0.25) is 9.88 Å². The van der Waals surface area contributed by atoms with E-state index in [2.05, 4.69) is 52.3 Å². The monoisotopic (exact) mass is 414 g/mol. The van der Waals surface area contributed by atoms with Gasteiger partial charge in [0.15, 0.2) is 5.65 Å². The Morgan fingerprint density at radius 3 is 2.68 bits per heavy atom. The fourth-order valence-corrected chi connectivity index (χ4v) is 4.75. The van der Waals surface area contributed by atoms with Crippen LogP contribution in [0.2, 0.25) is 0 Å². The van der Waals surface area contributed by atoms with E-state index in [1.807, 2.05) is 23.8 Å². The summed E-state index contributed by atoms with van der Waals surface area (Å²) in [6, 6.07) is 9.16. The quantitative estimate of drug-likeness (QED) is 0.514. The van der Waals surface area contributed by atoms with Gasteiger partial charge < -0.3 is 9.64 Å². The lowest BCUT2D eigenvalue weighted by Crippen LogP contribution is -2.61. The van der Waals surface area contributed by atoms with Gasteiger partial charge in [0.2, 0.25) is 0 Å². The van der Waals surface area contributed by atoms with E-state index in [1.165, 1.54) is 5.56 Å². The first kappa shape index (κ1) is 18.7. The van der Waals surface area contributed by atoms with Crippen LogP contribution in [0.3, 0.4) is 0 Å². The number of nitrogens with zero attached hydrogens (tertiary/aromatic N) is 6. The molecule has 0 bridgehead atoms. The van der Waals surface area contributed by atoms with Gasteiger partial charge in [0.05, 0.1) is 43.0 Å². The van der Waals surface area contributed by atoms with Crippen molar-refractivity contribution in [3.63, 3.8) is 0 Å². The van der Waals surface area contributed by atoms with Crippen LogP contribution in [0.5, 0.6) is 0 Å². The zero-order chi connectivity index (χ0) is 20.9. The van der Waals surface area contributed by atoms with E-state index in [0.29, 0.717) is 6.04 Å². The molecule has 0 unspecified atom stereocenters. The molecule has 7 nitrogen and oxygen atoms in total. The molecular weight excluding hydrogens is 388 g/mol. The summed E-state index contributed by atoms with van der Waals surface area (Å²) in [4.78, 5) is 14.5. The number of pyridine rings is 1. The van der Waals surface area contributed by atoms with Crippen LogP contribution in [0.25, 0.3) is 27.7 Å². The normalized spacial score (nSPS) is 18.1. The Morgan fingerprint density at radius 1 is 1.00 bits per heavy atom. The van der Waals surface area contributed by atoms with Crippen molar-refractivity contribution in [2.75, 3.05) is 44.3 Å². The van der Waals surface area contributed by atoms with E-state index in [-0.39, 0.29) is 0 Å². The van der Waals surface area contributed by atoms with Gasteiger partial charge in [-0.25, -0.2) is 9.50 Å². The van der Waals surface area contributed by atoms with Gasteiger partial charge in [-0.15, -0.1) is 0 Å². The lowest BCUT2D eigenvalue weighted by Gasteiger charge is -2.47. The van der Waals surface area contributed by atoms with Crippen molar-refractivity contribution in [1.29, 1.82) is 0 Å². The Morgan fingerprint density at radius 2 is 1.84 bits per heavy atom. The van der Waals surface area contributed by atoms with Crippen LogP contribution in [-0.2, 0) is 4.74 Å². The molecule has 3 aromatic heterocycles. The molecule has 0 aliphatic carbocycles. The van der Waals surface area contributed by atoms with Crippen LogP contribution in [0, 0.1) is 13.8 Å². The third kappa shape index (κ3) is 3.25. The van der Waals surface area contributed by atoms with Gasteiger partial charge in [-0.05, 0) is 37.1 Å². The number of hydrogen-bond acceptors (Lipinski definition) is 6. The lowest BCUT2D eigenvalue weighted by molar-refractivity contribution is 0.0105. The van der Waals surface area contributed by atoms with Crippen LogP contribution < -0.4 is 4.90 Å². The summed E-state index contributed by atoms with van der Waals surface area (Å²) >= 11 is 0. The molecule has 2 aliphatic heterocycles. The van der Waals surface area contributed by atoms with Crippen molar-refractivity contribution >= 4 is 22.2 Å². The number of fused-ring (bicyclic) bond motifs is 2. The third-order valence-corrected chi connectivity index (χ3v) is 6.52. The highest BCUT2D eigenvalue weighted by Crippen LogP contribution is 2.32. The molecule has 4 aromatic rings. The summed E-state index contributed by atoms with van der Waals surface area (Å²) in [5, 5.41) is 5.77. The molecule has 0 saturated carbocycles. The molecular formula is C24H26N6O. The first-order chi connectivity index (χ1) is 15.2. The molecule has 0 radical (unpaired) electrons. The van der Waals surface area contributed by atoms with Gasteiger partial charge in [-0.1, -0.05) is 12.1 Å². The smallest absolute Gasteiger partial charge is 0.162 e. The maximum absolute atomic E-state index is 5.48. The average molecular weight is 415 g/mol. The predicted octanol–water partition coefficient (Wildman–Crippen LogP) is 3.08. The lowest BCUT2D eigenvalue weighted by atomic mass is 10.0. The molecule has 6 rings (SSSR count). The van der Waals surface area contributed by atoms with Crippen molar-refractivity contribution < 1.29 is 4.74 Å². The highest BCUT2D eigenvalue weighted by atomic mass is 16.5. The largest absolute Gasteiger partial charge is 0.379 e. The number of anilines is 1. The molecule has 0 spiro atoms. The molecule has 0 atom stereocenters. The molecule has 0 N–H and O–H groups in total. The summed E-state index contributed by atoms with van der Waals surface area (Å²) in [5.41, 5.74) is 7.40. The molecule has 1 aromatic carbocycles. The Bertz CT molecular complexity index is 1260. The summed E-state index contributed by atoms with van der Waals surface area (Å²) < 4.78 is 7.38. The number of benzene rings is 1. The summed E-state index contributed by atoms with van der Waals surface area (Å²) in [5.74, 6) is 0. The SMILES string of the molecule is Cc1ccc2c(-c3cnn4cc(N5CC(N6CCOCC6)C5)cnc34)cc(C)nc2c1. The number of ether oxygens (including phenoxy) is 1. The second kappa shape index (κ2) is 7.28. The summed E-state index contributed by atoms with van der Waals surface area (Å²) in [7, 11) is 0. The van der Waals surface area contributed by atoms with Gasteiger partial charge in [0.25, 0.3) is 0 Å². The fraction of sp³-hybridized carbons (Fsp3) is 0.375. The van der Waals surface area contributed by atoms with Crippen molar-refractivity contribution in [3.8, 4) is 11.1 Å². The Balaban J connectivity index is 1.31. The standard InChI is InChI=1S/C24H26N6O/c1-16-3-4-20-21(10-17(2)27-23(20)9-16)22-12-26-30-15-18(11-25-24(22)30)29-13-19(14-29)28-5-7-31-8-6-28/h3-4,9-12,15,19H,5-8,13-14H2,1-2H3. The second-order valence-corrected chi connectivity index (χ2v) is 8.68. The van der Waals surface area contributed by atoms with Gasteiger partial charge in [0, 0.05) is 48.9 Å². The first-order valence-corrected chi connectivity index (χ1v) is 10.9. The Kier molecular flexibility index (Phi) is 4.40. The highest BCUT2D eigenvalue weighted by molar-refractivity contribution is 5.98. The van der Waals surface area contributed by atoms with E-state index in [1.54, 1.807) is 0 Å². The molecule has 5 heterocycles. The molecule has 2 aliphatic rings. The van der Waals surface area contributed by atoms with Crippen LogP contribution in [0.4, 0.5) is 5.69 Å². The fourth-order valence-electron chi connectivity index (χ4n) is 4.75. The highest BCUT2D eigenvalue weighted by Gasteiger charge is 2.33. The van der Waals surface area contributed by atoms with E-state index >= 15 is 0 Å². The maximum Gasteiger partial charge on any atom is 0.162 e. The molecule has 7 heteroatoms. The van der Waals surface area contributed by atoms with Gasteiger partial charge >= 0.3 is 0 Å². The Hall–Kier alpha value is -3.03. The molecule has 2 fully saturated rings. The van der Waals surface area contributed by atoms with Crippen LogP contribution in [0.15, 0.2) is 42.9 Å². The van der Waals surface area contributed by atoms with Crippen molar-refractivity contribution in [1.82, 2.24) is 24.5 Å². The molecule has 158 valence electrons. The zero-order valence-electron chi connectivity index (χ0n) is 18.0. The Labute approximate surface area is 181 Å². The minimum absolute atomic E-state index is 0.613. The summed E-state index contributed by atoms with van der Waals surface area (Å²) in [6.45, 7) is 9.99. The minimum atomic E-state index is 0.613. The molecule has 2 saturated heterocycles. The topological polar surface area (TPSA) is 58.8 Å². The third-order valence-electron chi connectivity index (χ3n) is 6.52. The molecule has 31 heavy (non-hydrogen) atoms. The number of rotatable bonds is 3. The molecule has 0 amide bonds. The van der Waals surface area contributed by atoms with Crippen molar-refractivity contribution in [3.05, 3.63) is 54.1 Å². The zero-order valence-corrected chi connectivity index (χ0v) is 18.0.